The summed E-state index contributed by atoms with van der Waals surface area (Å²) in [5.41, 5.74) is 3.61. The van der Waals surface area contributed by atoms with Crippen molar-refractivity contribution in [2.75, 3.05) is 13.2 Å². The van der Waals surface area contributed by atoms with Gasteiger partial charge in [0.1, 0.15) is 0 Å². The second-order valence-corrected chi connectivity index (χ2v) is 7.21. The van der Waals surface area contributed by atoms with E-state index in [4.69, 9.17) is 9.84 Å². The Bertz CT molecular complexity index is 547. The van der Waals surface area contributed by atoms with Gasteiger partial charge in [0.2, 0.25) is 5.91 Å². The maximum Gasteiger partial charge on any atom is 0.220 e. The van der Waals surface area contributed by atoms with Crippen LogP contribution in [0.5, 0.6) is 0 Å². The third-order valence-electron chi connectivity index (χ3n) is 5.32. The van der Waals surface area contributed by atoms with Gasteiger partial charge < -0.3 is 10.1 Å². The predicted octanol–water partition coefficient (Wildman–Crippen LogP) is 2.99. The molecule has 1 aliphatic carbocycles. The summed E-state index contributed by atoms with van der Waals surface area (Å²) in [5.74, 6) is 0.851. The Morgan fingerprint density at radius 1 is 1.33 bits per heavy atom. The van der Waals surface area contributed by atoms with Gasteiger partial charge in [-0.3, -0.25) is 9.48 Å². The van der Waals surface area contributed by atoms with E-state index in [9.17, 15) is 4.79 Å². The van der Waals surface area contributed by atoms with Crippen molar-refractivity contribution in [1.29, 1.82) is 0 Å². The topological polar surface area (TPSA) is 56.2 Å². The Morgan fingerprint density at radius 2 is 2.17 bits per heavy atom. The standard InChI is InChI=1S/C19H31N3O2/c1-2-11-22-18-10-12-24-14-16(18)17(21-22)8-9-19(23)20-13-15-6-4-3-5-7-15/h15H,2-14H2,1H3,(H,20,23). The van der Waals surface area contributed by atoms with Crippen LogP contribution < -0.4 is 5.32 Å². The first-order chi connectivity index (χ1) is 11.8. The first kappa shape index (κ1) is 17.5. The molecular weight excluding hydrogens is 302 g/mol. The molecule has 1 aromatic rings. The van der Waals surface area contributed by atoms with E-state index >= 15 is 0 Å². The van der Waals surface area contributed by atoms with Gasteiger partial charge in [0.15, 0.2) is 0 Å². The maximum atomic E-state index is 12.2. The summed E-state index contributed by atoms with van der Waals surface area (Å²) >= 11 is 0. The molecule has 2 heterocycles. The molecule has 5 heteroatoms. The normalized spacial score (nSPS) is 18.4. The number of nitrogens with one attached hydrogen (secondary N) is 1. The van der Waals surface area contributed by atoms with E-state index in [0.717, 1.165) is 44.7 Å². The Balaban J connectivity index is 1.51. The van der Waals surface area contributed by atoms with Crippen molar-refractivity contribution in [2.45, 2.75) is 77.9 Å². The van der Waals surface area contributed by atoms with Crippen molar-refractivity contribution in [3.8, 4) is 0 Å². The Labute approximate surface area is 145 Å². The van der Waals surface area contributed by atoms with Gasteiger partial charge in [-0.1, -0.05) is 26.2 Å². The van der Waals surface area contributed by atoms with Crippen LogP contribution in [-0.4, -0.2) is 28.8 Å². The molecule has 5 nitrogen and oxygen atoms in total. The van der Waals surface area contributed by atoms with Gasteiger partial charge in [0, 0.05) is 43.6 Å². The number of hydrogen-bond acceptors (Lipinski definition) is 3. The number of ether oxygens (including phenoxy) is 1. The fourth-order valence-electron chi connectivity index (χ4n) is 3.95. The molecule has 1 aromatic heterocycles. The van der Waals surface area contributed by atoms with Crippen LogP contribution in [0, 0.1) is 5.92 Å². The Morgan fingerprint density at radius 3 is 2.96 bits per heavy atom. The van der Waals surface area contributed by atoms with Gasteiger partial charge in [-0.15, -0.1) is 0 Å². The van der Waals surface area contributed by atoms with Crippen molar-refractivity contribution in [2.24, 2.45) is 5.92 Å². The summed E-state index contributed by atoms with van der Waals surface area (Å²) < 4.78 is 7.74. The van der Waals surface area contributed by atoms with Crippen molar-refractivity contribution >= 4 is 5.91 Å². The van der Waals surface area contributed by atoms with Gasteiger partial charge in [-0.05, 0) is 25.2 Å². The van der Waals surface area contributed by atoms with E-state index in [1.165, 1.54) is 43.4 Å². The fourth-order valence-corrected chi connectivity index (χ4v) is 3.95. The van der Waals surface area contributed by atoms with E-state index in [-0.39, 0.29) is 5.91 Å². The van der Waals surface area contributed by atoms with Gasteiger partial charge in [0.25, 0.3) is 0 Å². The quantitative estimate of drug-likeness (QED) is 0.834. The zero-order chi connectivity index (χ0) is 16.8. The van der Waals surface area contributed by atoms with E-state index in [0.29, 0.717) is 18.9 Å². The largest absolute Gasteiger partial charge is 0.376 e. The number of carbonyl (C=O) groups is 1. The minimum Gasteiger partial charge on any atom is -0.376 e. The zero-order valence-corrected chi connectivity index (χ0v) is 15.0. The molecule has 0 bridgehead atoms. The average Bonchev–Trinajstić information content (AvgIpc) is 2.97. The molecule has 0 saturated heterocycles. The minimum absolute atomic E-state index is 0.163. The molecule has 1 fully saturated rings. The van der Waals surface area contributed by atoms with Gasteiger partial charge >= 0.3 is 0 Å². The second kappa shape index (κ2) is 8.65. The van der Waals surface area contributed by atoms with Crippen LogP contribution in [-0.2, 0) is 35.5 Å². The summed E-state index contributed by atoms with van der Waals surface area (Å²) in [7, 11) is 0. The third-order valence-corrected chi connectivity index (χ3v) is 5.32. The molecule has 3 rings (SSSR count). The summed E-state index contributed by atoms with van der Waals surface area (Å²) in [5, 5.41) is 7.89. The zero-order valence-electron chi connectivity index (χ0n) is 15.0. The lowest BCUT2D eigenvalue weighted by Crippen LogP contribution is -2.30. The Hall–Kier alpha value is -1.36. The lowest BCUT2D eigenvalue weighted by molar-refractivity contribution is -0.121. The van der Waals surface area contributed by atoms with E-state index in [1.54, 1.807) is 0 Å². The number of fused-ring (bicyclic) bond motifs is 1. The summed E-state index contributed by atoms with van der Waals surface area (Å²) in [6, 6.07) is 0. The number of aryl methyl sites for hydroxylation is 2. The summed E-state index contributed by atoms with van der Waals surface area (Å²) in [6.07, 6.45) is 9.81. The van der Waals surface area contributed by atoms with Crippen LogP contribution in [0.1, 0.15) is 68.8 Å². The average molecular weight is 333 g/mol. The van der Waals surface area contributed by atoms with Crippen LogP contribution in [0.15, 0.2) is 0 Å². The molecule has 1 amide bonds. The van der Waals surface area contributed by atoms with Crippen molar-refractivity contribution in [3.63, 3.8) is 0 Å². The number of hydrogen-bond donors (Lipinski definition) is 1. The molecule has 1 aliphatic heterocycles. The second-order valence-electron chi connectivity index (χ2n) is 7.21. The predicted molar refractivity (Wildman–Crippen MR) is 93.8 cm³/mol. The highest BCUT2D eigenvalue weighted by atomic mass is 16.5. The molecule has 1 saturated carbocycles. The molecule has 2 aliphatic rings. The molecule has 1 N–H and O–H groups in total. The minimum atomic E-state index is 0.163. The van der Waals surface area contributed by atoms with Crippen LogP contribution in [0.2, 0.25) is 0 Å². The van der Waals surface area contributed by atoms with E-state index < -0.39 is 0 Å². The highest BCUT2D eigenvalue weighted by molar-refractivity contribution is 5.76. The van der Waals surface area contributed by atoms with Crippen molar-refractivity contribution < 1.29 is 9.53 Å². The number of rotatable bonds is 7. The smallest absolute Gasteiger partial charge is 0.220 e. The van der Waals surface area contributed by atoms with Crippen molar-refractivity contribution in [3.05, 3.63) is 17.0 Å². The van der Waals surface area contributed by atoms with Crippen LogP contribution >= 0.6 is 0 Å². The Kier molecular flexibility index (Phi) is 6.30. The summed E-state index contributed by atoms with van der Waals surface area (Å²) in [4.78, 5) is 12.2. The number of nitrogens with zero attached hydrogens (tertiary/aromatic N) is 2. The van der Waals surface area contributed by atoms with Crippen LogP contribution in [0.25, 0.3) is 0 Å². The fraction of sp³-hybridized carbons (Fsp3) is 0.789. The third kappa shape index (κ3) is 4.38. The molecule has 134 valence electrons. The van der Waals surface area contributed by atoms with Gasteiger partial charge in [-0.2, -0.15) is 5.10 Å². The van der Waals surface area contributed by atoms with Gasteiger partial charge in [0.05, 0.1) is 18.9 Å². The van der Waals surface area contributed by atoms with Crippen LogP contribution in [0.4, 0.5) is 0 Å². The van der Waals surface area contributed by atoms with Crippen molar-refractivity contribution in [1.82, 2.24) is 15.1 Å². The molecule has 0 unspecified atom stereocenters. The molecule has 0 spiro atoms. The molecule has 0 atom stereocenters. The highest BCUT2D eigenvalue weighted by Gasteiger charge is 2.21. The number of aromatic nitrogens is 2. The highest BCUT2D eigenvalue weighted by Crippen LogP contribution is 2.23. The van der Waals surface area contributed by atoms with Gasteiger partial charge in [-0.25, -0.2) is 0 Å². The van der Waals surface area contributed by atoms with Crippen LogP contribution in [0.3, 0.4) is 0 Å². The lowest BCUT2D eigenvalue weighted by atomic mass is 9.89. The van der Waals surface area contributed by atoms with E-state index in [2.05, 4.69) is 16.9 Å². The number of carbonyl (C=O) groups excluding carboxylic acids is 1. The molecule has 24 heavy (non-hydrogen) atoms. The molecular formula is C19H31N3O2. The number of amides is 1. The molecule has 0 aromatic carbocycles. The monoisotopic (exact) mass is 333 g/mol. The van der Waals surface area contributed by atoms with E-state index in [1.807, 2.05) is 0 Å². The summed E-state index contributed by atoms with van der Waals surface area (Å²) in [6.45, 7) is 5.41. The molecule has 0 radical (unpaired) electrons. The lowest BCUT2D eigenvalue weighted by Gasteiger charge is -2.21. The maximum absolute atomic E-state index is 12.2. The SMILES string of the molecule is CCCn1nc(CCC(=O)NCC2CCCCC2)c2c1CCOC2. The first-order valence-electron chi connectivity index (χ1n) is 9.69. The first-order valence-corrected chi connectivity index (χ1v) is 9.69.